The molecule has 6 nitrogen and oxygen atoms in total. The third kappa shape index (κ3) is 2.77. The van der Waals surface area contributed by atoms with Gasteiger partial charge in [0.2, 0.25) is 0 Å². The second-order valence-electron chi connectivity index (χ2n) is 7.18. The normalized spacial score (nSPS) is 15.1. The largest absolute Gasteiger partial charge is 0.508 e. The number of phenolic OH excluding ortho intramolecular Hbond substituents is 1. The van der Waals surface area contributed by atoms with E-state index in [2.05, 4.69) is 0 Å². The topological polar surface area (TPSA) is 94.9 Å². The van der Waals surface area contributed by atoms with Gasteiger partial charge in [0.1, 0.15) is 11.2 Å². The summed E-state index contributed by atoms with van der Waals surface area (Å²) in [6, 6.07) is 11.3. The van der Waals surface area contributed by atoms with Crippen molar-refractivity contribution in [3.8, 4) is 5.75 Å². The van der Waals surface area contributed by atoms with Crippen LogP contribution in [0.5, 0.6) is 5.75 Å². The van der Waals surface area contributed by atoms with Gasteiger partial charge in [-0.25, -0.2) is 4.79 Å². The van der Waals surface area contributed by atoms with Gasteiger partial charge >= 0.3 is 6.09 Å². The molecule has 0 saturated carbocycles. The summed E-state index contributed by atoms with van der Waals surface area (Å²) in [5, 5.41) is 20.0. The van der Waals surface area contributed by atoms with E-state index in [1.807, 2.05) is 13.8 Å². The molecule has 140 valence electrons. The van der Waals surface area contributed by atoms with E-state index >= 15 is 0 Å². The zero-order valence-corrected chi connectivity index (χ0v) is 15.4. The third-order valence-corrected chi connectivity index (χ3v) is 5.14. The van der Waals surface area contributed by atoms with Crippen LogP contribution in [0.3, 0.4) is 0 Å². The summed E-state index contributed by atoms with van der Waals surface area (Å²) in [5.41, 5.74) is -0.321. The Labute approximate surface area is 157 Å². The molecule has 2 N–H and O–H groups in total. The van der Waals surface area contributed by atoms with E-state index in [1.165, 1.54) is 13.1 Å². The van der Waals surface area contributed by atoms with Crippen molar-refractivity contribution in [2.24, 2.45) is 0 Å². The zero-order valence-electron chi connectivity index (χ0n) is 15.4. The van der Waals surface area contributed by atoms with E-state index < -0.39 is 23.1 Å². The molecule has 0 heterocycles. The highest BCUT2D eigenvalue weighted by molar-refractivity contribution is 6.33. The van der Waals surface area contributed by atoms with Crippen molar-refractivity contribution in [3.05, 3.63) is 64.7 Å². The minimum atomic E-state index is -1.80. The van der Waals surface area contributed by atoms with Crippen molar-refractivity contribution in [2.75, 3.05) is 13.6 Å². The monoisotopic (exact) mass is 367 g/mol. The van der Waals surface area contributed by atoms with E-state index in [-0.39, 0.29) is 34.9 Å². The van der Waals surface area contributed by atoms with E-state index in [4.69, 9.17) is 0 Å². The lowest BCUT2D eigenvalue weighted by Gasteiger charge is -2.31. The van der Waals surface area contributed by atoms with Crippen molar-refractivity contribution in [3.63, 3.8) is 0 Å². The lowest BCUT2D eigenvalue weighted by Crippen LogP contribution is -2.49. The highest BCUT2D eigenvalue weighted by Crippen LogP contribution is 2.44. The molecule has 0 aromatic heterocycles. The first-order chi connectivity index (χ1) is 12.7. The standard InChI is InChI=1S/C21H21NO5/c1-12(2)13-8-9-16(17(23)10-13)21(11-22(3)20(26)27)18(24)14-6-4-5-7-15(14)19(21)25/h4-10,12,23H,11H2,1-3H3,(H,26,27). The van der Waals surface area contributed by atoms with Gasteiger partial charge in [-0.2, -0.15) is 0 Å². The number of nitrogens with zero attached hydrogens (tertiary/aromatic N) is 1. The van der Waals surface area contributed by atoms with Gasteiger partial charge in [0, 0.05) is 30.3 Å². The van der Waals surface area contributed by atoms with Crippen LogP contribution in [0, 0.1) is 0 Å². The number of benzene rings is 2. The van der Waals surface area contributed by atoms with Crippen LogP contribution in [-0.4, -0.2) is 46.4 Å². The molecule has 0 spiro atoms. The molecule has 0 bridgehead atoms. The van der Waals surface area contributed by atoms with Crippen LogP contribution in [0.4, 0.5) is 4.79 Å². The molecule has 0 unspecified atom stereocenters. The molecule has 6 heteroatoms. The Kier molecular flexibility index (Phi) is 4.51. The number of Topliss-reactive ketones (excluding diaryl/α,β-unsaturated/α-hetero) is 2. The van der Waals surface area contributed by atoms with Crippen molar-refractivity contribution < 1.29 is 24.6 Å². The Morgan fingerprint density at radius 3 is 2.07 bits per heavy atom. The van der Waals surface area contributed by atoms with Crippen LogP contribution in [0.15, 0.2) is 42.5 Å². The molecule has 3 rings (SSSR count). The average Bonchev–Trinajstić information content (AvgIpc) is 2.84. The lowest BCUT2D eigenvalue weighted by atomic mass is 9.74. The Morgan fingerprint density at radius 1 is 1.07 bits per heavy atom. The van der Waals surface area contributed by atoms with Gasteiger partial charge in [0.15, 0.2) is 11.6 Å². The van der Waals surface area contributed by atoms with E-state index in [0.29, 0.717) is 0 Å². The highest BCUT2D eigenvalue weighted by Gasteiger charge is 2.56. The second kappa shape index (κ2) is 6.54. The molecule has 0 atom stereocenters. The molecule has 2 aromatic carbocycles. The quantitative estimate of drug-likeness (QED) is 0.807. The zero-order chi connectivity index (χ0) is 19.9. The fourth-order valence-corrected chi connectivity index (χ4v) is 3.61. The molecular formula is C21H21NO5. The molecule has 1 amide bonds. The summed E-state index contributed by atoms with van der Waals surface area (Å²) in [4.78, 5) is 38.9. The first kappa shape index (κ1) is 18.6. The lowest BCUT2D eigenvalue weighted by molar-refractivity contribution is 0.0746. The molecule has 1 aliphatic carbocycles. The maximum absolute atomic E-state index is 13.3. The van der Waals surface area contributed by atoms with Crippen LogP contribution in [-0.2, 0) is 5.41 Å². The Hall–Kier alpha value is -3.15. The number of fused-ring (bicyclic) bond motifs is 1. The molecule has 0 aliphatic heterocycles. The van der Waals surface area contributed by atoms with Gasteiger partial charge in [-0.05, 0) is 17.5 Å². The summed E-state index contributed by atoms with van der Waals surface area (Å²) in [7, 11) is 1.30. The predicted molar refractivity (Wildman–Crippen MR) is 99.6 cm³/mol. The number of aromatic hydroxyl groups is 1. The van der Waals surface area contributed by atoms with Crippen molar-refractivity contribution >= 4 is 17.7 Å². The van der Waals surface area contributed by atoms with Crippen LogP contribution in [0.1, 0.15) is 51.6 Å². The van der Waals surface area contributed by atoms with Crippen LogP contribution < -0.4 is 0 Å². The van der Waals surface area contributed by atoms with E-state index in [0.717, 1.165) is 10.5 Å². The summed E-state index contributed by atoms with van der Waals surface area (Å²) < 4.78 is 0. The minimum absolute atomic E-state index is 0.131. The fourth-order valence-electron chi connectivity index (χ4n) is 3.61. The van der Waals surface area contributed by atoms with Crippen molar-refractivity contribution in [1.29, 1.82) is 0 Å². The highest BCUT2D eigenvalue weighted by atomic mass is 16.4. The van der Waals surface area contributed by atoms with Gasteiger partial charge in [-0.1, -0.05) is 50.2 Å². The first-order valence-electron chi connectivity index (χ1n) is 8.66. The third-order valence-electron chi connectivity index (χ3n) is 5.14. The number of amides is 1. The molecule has 0 fully saturated rings. The number of hydrogen-bond acceptors (Lipinski definition) is 4. The molecule has 2 aromatic rings. The van der Waals surface area contributed by atoms with Gasteiger partial charge in [-0.3, -0.25) is 9.59 Å². The van der Waals surface area contributed by atoms with Gasteiger partial charge in [-0.15, -0.1) is 0 Å². The molecule has 27 heavy (non-hydrogen) atoms. The molecular weight excluding hydrogens is 346 g/mol. The molecule has 0 radical (unpaired) electrons. The Morgan fingerprint density at radius 2 is 1.63 bits per heavy atom. The number of rotatable bonds is 4. The Bertz CT molecular complexity index is 912. The van der Waals surface area contributed by atoms with Crippen LogP contribution in [0.25, 0.3) is 0 Å². The number of carboxylic acid groups (broad SMARTS) is 1. The summed E-state index contributed by atoms with van der Waals surface area (Å²) in [5.74, 6) is -1.03. The number of phenols is 1. The van der Waals surface area contributed by atoms with E-state index in [1.54, 1.807) is 36.4 Å². The van der Waals surface area contributed by atoms with Gasteiger partial charge in [0.25, 0.3) is 0 Å². The van der Waals surface area contributed by atoms with Crippen LogP contribution >= 0.6 is 0 Å². The fraction of sp³-hybridized carbons (Fsp3) is 0.286. The number of hydrogen-bond donors (Lipinski definition) is 2. The van der Waals surface area contributed by atoms with Crippen LogP contribution in [0.2, 0.25) is 0 Å². The smallest absolute Gasteiger partial charge is 0.407 e. The van der Waals surface area contributed by atoms with E-state index in [9.17, 15) is 24.6 Å². The predicted octanol–water partition coefficient (Wildman–Crippen LogP) is 3.44. The van der Waals surface area contributed by atoms with Gasteiger partial charge in [0.05, 0.1) is 0 Å². The SMILES string of the molecule is CC(C)c1ccc(C2(CN(C)C(=O)O)C(=O)c3ccccc3C2=O)c(O)c1. The minimum Gasteiger partial charge on any atom is -0.508 e. The Balaban J connectivity index is 2.24. The summed E-state index contributed by atoms with van der Waals surface area (Å²) in [6.45, 7) is 3.55. The first-order valence-corrected chi connectivity index (χ1v) is 8.66. The number of carbonyl (C=O) groups excluding carboxylic acids is 2. The number of carbonyl (C=O) groups is 3. The second-order valence-corrected chi connectivity index (χ2v) is 7.18. The molecule has 1 aliphatic rings. The average molecular weight is 367 g/mol. The summed E-state index contributed by atoms with van der Waals surface area (Å²) in [6.07, 6.45) is -1.26. The maximum atomic E-state index is 13.3. The number of likely N-dealkylation sites (N-methyl/N-ethyl adjacent to an activating group) is 1. The molecule has 0 saturated heterocycles. The maximum Gasteiger partial charge on any atom is 0.407 e. The summed E-state index contributed by atoms with van der Waals surface area (Å²) >= 11 is 0. The number of ketones is 2. The van der Waals surface area contributed by atoms with Crippen molar-refractivity contribution in [1.82, 2.24) is 4.90 Å². The van der Waals surface area contributed by atoms with Crippen molar-refractivity contribution in [2.45, 2.75) is 25.2 Å². The van der Waals surface area contributed by atoms with Gasteiger partial charge < -0.3 is 15.1 Å².